The zero-order chi connectivity index (χ0) is 18.0. The van der Waals surface area contributed by atoms with Crippen molar-refractivity contribution in [1.29, 1.82) is 0 Å². The molecule has 0 bridgehead atoms. The Bertz CT molecular complexity index is 845. The smallest absolute Gasteiger partial charge is 0.335 e. The number of hydrogen-bond donors (Lipinski definition) is 2. The molecule has 128 valence electrons. The summed E-state index contributed by atoms with van der Waals surface area (Å²) in [6, 6.07) is 11.2. The molecule has 0 spiro atoms. The van der Waals surface area contributed by atoms with Crippen molar-refractivity contribution < 1.29 is 24.2 Å². The number of carboxylic acid groups (broad SMARTS) is 1. The van der Waals surface area contributed by atoms with Crippen molar-refractivity contribution in [2.75, 3.05) is 23.4 Å². The molecule has 0 aliphatic carbocycles. The van der Waals surface area contributed by atoms with Gasteiger partial charge in [-0.1, -0.05) is 6.07 Å². The second-order valence-corrected chi connectivity index (χ2v) is 5.67. The minimum atomic E-state index is -1.04. The number of carbonyl (C=O) groups excluding carboxylic acids is 2. The highest BCUT2D eigenvalue weighted by molar-refractivity contribution is 6.05. The van der Waals surface area contributed by atoms with Crippen LogP contribution < -0.4 is 15.0 Å². The summed E-state index contributed by atoms with van der Waals surface area (Å²) < 4.78 is 5.38. The highest BCUT2D eigenvalue weighted by Gasteiger charge is 2.27. The van der Waals surface area contributed by atoms with Crippen LogP contribution in [0.4, 0.5) is 11.4 Å². The quantitative estimate of drug-likeness (QED) is 0.888. The van der Waals surface area contributed by atoms with Crippen molar-refractivity contribution in [3.63, 3.8) is 0 Å². The molecule has 7 heteroatoms. The van der Waals surface area contributed by atoms with E-state index in [2.05, 4.69) is 5.32 Å². The van der Waals surface area contributed by atoms with Crippen LogP contribution in [0.1, 0.15) is 15.9 Å². The maximum Gasteiger partial charge on any atom is 0.335 e. The maximum atomic E-state index is 12.3. The largest absolute Gasteiger partial charge is 0.482 e. The first-order valence-electron chi connectivity index (χ1n) is 7.61. The summed E-state index contributed by atoms with van der Waals surface area (Å²) in [6.45, 7) is 1.62. The SMILES string of the molecule is Cc1ccc2c(c1)N(CC(=O)Nc1ccc(C(=O)O)cc1)C(=O)CO2. The number of aromatic carboxylic acids is 1. The molecule has 0 aromatic heterocycles. The van der Waals surface area contributed by atoms with Crippen LogP contribution in [0.3, 0.4) is 0 Å². The molecule has 0 unspecified atom stereocenters. The molecule has 25 heavy (non-hydrogen) atoms. The predicted molar refractivity (Wildman–Crippen MR) is 91.1 cm³/mol. The van der Waals surface area contributed by atoms with Crippen molar-refractivity contribution in [3.05, 3.63) is 53.6 Å². The number of benzene rings is 2. The number of aryl methyl sites for hydroxylation is 1. The fourth-order valence-corrected chi connectivity index (χ4v) is 2.53. The summed E-state index contributed by atoms with van der Waals surface area (Å²) in [5.41, 5.74) is 2.10. The van der Waals surface area contributed by atoms with Crippen LogP contribution in [0.25, 0.3) is 0 Å². The molecule has 2 amide bonds. The first-order valence-corrected chi connectivity index (χ1v) is 7.61. The Morgan fingerprint density at radius 1 is 1.20 bits per heavy atom. The van der Waals surface area contributed by atoms with Gasteiger partial charge in [-0.25, -0.2) is 4.79 Å². The molecule has 0 saturated heterocycles. The van der Waals surface area contributed by atoms with Gasteiger partial charge in [0, 0.05) is 5.69 Å². The summed E-state index contributed by atoms with van der Waals surface area (Å²) in [5.74, 6) is -1.16. The van der Waals surface area contributed by atoms with Gasteiger partial charge in [-0.3, -0.25) is 14.5 Å². The average Bonchev–Trinajstić information content (AvgIpc) is 2.58. The molecule has 0 atom stereocenters. The lowest BCUT2D eigenvalue weighted by molar-refractivity contribution is -0.123. The third-order valence-corrected chi connectivity index (χ3v) is 3.77. The Balaban J connectivity index is 1.73. The summed E-state index contributed by atoms with van der Waals surface area (Å²) >= 11 is 0. The lowest BCUT2D eigenvalue weighted by atomic mass is 10.1. The Morgan fingerprint density at radius 3 is 2.60 bits per heavy atom. The molecule has 0 saturated carbocycles. The van der Waals surface area contributed by atoms with Crippen LogP contribution in [0.15, 0.2) is 42.5 Å². The highest BCUT2D eigenvalue weighted by atomic mass is 16.5. The van der Waals surface area contributed by atoms with E-state index in [1.54, 1.807) is 12.1 Å². The van der Waals surface area contributed by atoms with Gasteiger partial charge in [0.05, 0.1) is 11.3 Å². The van der Waals surface area contributed by atoms with E-state index in [0.29, 0.717) is 17.1 Å². The van der Waals surface area contributed by atoms with E-state index in [0.717, 1.165) is 5.56 Å². The first kappa shape index (κ1) is 16.5. The van der Waals surface area contributed by atoms with Gasteiger partial charge < -0.3 is 15.2 Å². The van der Waals surface area contributed by atoms with Gasteiger partial charge in [-0.15, -0.1) is 0 Å². The van der Waals surface area contributed by atoms with Crippen molar-refractivity contribution in [1.82, 2.24) is 0 Å². The van der Waals surface area contributed by atoms with Crippen LogP contribution in [-0.2, 0) is 9.59 Å². The van der Waals surface area contributed by atoms with Crippen molar-refractivity contribution in [3.8, 4) is 5.75 Å². The molecule has 1 aliphatic rings. The van der Waals surface area contributed by atoms with Crippen LogP contribution in [0.2, 0.25) is 0 Å². The molecule has 3 rings (SSSR count). The van der Waals surface area contributed by atoms with E-state index in [-0.39, 0.29) is 30.5 Å². The van der Waals surface area contributed by atoms with Gasteiger partial charge >= 0.3 is 5.97 Å². The molecule has 2 N–H and O–H groups in total. The zero-order valence-electron chi connectivity index (χ0n) is 13.5. The van der Waals surface area contributed by atoms with Crippen molar-refractivity contribution in [2.24, 2.45) is 0 Å². The number of fused-ring (bicyclic) bond motifs is 1. The molecule has 0 fully saturated rings. The van der Waals surface area contributed by atoms with Gasteiger partial charge in [0.25, 0.3) is 5.91 Å². The first-order chi connectivity index (χ1) is 11.9. The molecule has 7 nitrogen and oxygen atoms in total. The number of nitrogens with zero attached hydrogens (tertiary/aromatic N) is 1. The molecule has 0 radical (unpaired) electrons. The molecule has 1 heterocycles. The number of carboxylic acids is 1. The fraction of sp³-hybridized carbons (Fsp3) is 0.167. The predicted octanol–water partition coefficient (Wildman–Crippen LogP) is 2.06. The van der Waals surface area contributed by atoms with Gasteiger partial charge in [0.15, 0.2) is 6.61 Å². The van der Waals surface area contributed by atoms with Crippen LogP contribution in [-0.4, -0.2) is 36.0 Å². The van der Waals surface area contributed by atoms with E-state index in [4.69, 9.17) is 9.84 Å². The van der Waals surface area contributed by atoms with Gasteiger partial charge in [-0.2, -0.15) is 0 Å². The van der Waals surface area contributed by atoms with E-state index in [1.165, 1.54) is 29.2 Å². The third-order valence-electron chi connectivity index (χ3n) is 3.77. The second-order valence-electron chi connectivity index (χ2n) is 5.67. The summed E-state index contributed by atoms with van der Waals surface area (Å²) in [6.07, 6.45) is 0. The number of nitrogens with one attached hydrogen (secondary N) is 1. The molecule has 2 aromatic rings. The monoisotopic (exact) mass is 340 g/mol. The number of hydrogen-bond acceptors (Lipinski definition) is 4. The topological polar surface area (TPSA) is 95.9 Å². The standard InChI is InChI=1S/C18H16N2O5/c1-11-2-7-15-14(8-11)20(17(22)10-25-15)9-16(21)19-13-5-3-12(4-6-13)18(23)24/h2-8H,9-10H2,1H3,(H,19,21)(H,23,24). The van der Waals surface area contributed by atoms with Crippen LogP contribution >= 0.6 is 0 Å². The van der Waals surface area contributed by atoms with E-state index in [1.807, 2.05) is 13.0 Å². The number of amides is 2. The normalized spacial score (nSPS) is 13.0. The van der Waals surface area contributed by atoms with Crippen LogP contribution in [0, 0.1) is 6.92 Å². The lowest BCUT2D eigenvalue weighted by Crippen LogP contribution is -2.43. The van der Waals surface area contributed by atoms with Gasteiger partial charge in [-0.05, 0) is 48.9 Å². The number of anilines is 2. The zero-order valence-corrected chi connectivity index (χ0v) is 13.5. The molecule has 2 aromatic carbocycles. The Kier molecular flexibility index (Phi) is 4.38. The number of carbonyl (C=O) groups is 3. The average molecular weight is 340 g/mol. The van der Waals surface area contributed by atoms with Gasteiger partial charge in [0.1, 0.15) is 12.3 Å². The number of ether oxygens (including phenoxy) is 1. The van der Waals surface area contributed by atoms with E-state index >= 15 is 0 Å². The van der Waals surface area contributed by atoms with Crippen molar-refractivity contribution >= 4 is 29.2 Å². The van der Waals surface area contributed by atoms with Crippen molar-refractivity contribution in [2.45, 2.75) is 6.92 Å². The van der Waals surface area contributed by atoms with Gasteiger partial charge in [0.2, 0.25) is 5.91 Å². The summed E-state index contributed by atoms with van der Waals surface area (Å²) in [4.78, 5) is 36.6. The second kappa shape index (κ2) is 6.64. The Morgan fingerprint density at radius 2 is 1.92 bits per heavy atom. The molecular formula is C18H16N2O5. The highest BCUT2D eigenvalue weighted by Crippen LogP contribution is 2.32. The molecular weight excluding hydrogens is 324 g/mol. The third kappa shape index (κ3) is 3.60. The summed E-state index contributed by atoms with van der Waals surface area (Å²) in [7, 11) is 0. The van der Waals surface area contributed by atoms with Crippen LogP contribution in [0.5, 0.6) is 5.75 Å². The summed E-state index contributed by atoms with van der Waals surface area (Å²) in [5, 5.41) is 11.5. The lowest BCUT2D eigenvalue weighted by Gasteiger charge is -2.29. The van der Waals surface area contributed by atoms with E-state index in [9.17, 15) is 14.4 Å². The minimum absolute atomic E-state index is 0.114. The Labute approximate surface area is 143 Å². The number of rotatable bonds is 4. The Hall–Kier alpha value is -3.35. The molecule has 1 aliphatic heterocycles. The van der Waals surface area contributed by atoms with E-state index < -0.39 is 5.97 Å². The maximum absolute atomic E-state index is 12.3. The minimum Gasteiger partial charge on any atom is -0.482 e. The fourth-order valence-electron chi connectivity index (χ4n) is 2.53.